The second-order valence-corrected chi connectivity index (χ2v) is 7.58. The fourth-order valence-corrected chi connectivity index (χ4v) is 3.75. The molecule has 1 amide bonds. The third-order valence-corrected chi connectivity index (χ3v) is 5.44. The lowest BCUT2D eigenvalue weighted by Crippen LogP contribution is -2.41. The maximum atomic E-state index is 12.4. The van der Waals surface area contributed by atoms with Crippen LogP contribution < -0.4 is 5.32 Å². The lowest BCUT2D eigenvalue weighted by Gasteiger charge is -2.26. The molecule has 1 N–H and O–H groups in total. The van der Waals surface area contributed by atoms with Gasteiger partial charge in [0.05, 0.1) is 24.6 Å². The summed E-state index contributed by atoms with van der Waals surface area (Å²) < 4.78 is 7.41. The molecule has 0 aliphatic carbocycles. The van der Waals surface area contributed by atoms with Gasteiger partial charge in [-0.25, -0.2) is 4.98 Å². The normalized spacial score (nSPS) is 14.9. The smallest absolute Gasteiger partial charge is 0.220 e. The van der Waals surface area contributed by atoms with E-state index in [4.69, 9.17) is 21.3 Å². The van der Waals surface area contributed by atoms with Crippen LogP contribution in [-0.2, 0) is 16.0 Å². The molecular weight excluding hydrogens is 388 g/mol. The summed E-state index contributed by atoms with van der Waals surface area (Å²) in [5.74, 6) is 0.0613. The standard InChI is InChI=1S/C22H25ClN4O2/c23-18-6-4-17(5-7-18)22-19(27-11-2-1-3-20(27)25-22)8-9-21(28)24-10-12-26-13-15-29-16-14-26/h1-7,11H,8-10,12-16H2,(H,24,28). The average molecular weight is 413 g/mol. The van der Waals surface area contributed by atoms with Crippen LogP contribution in [0.2, 0.25) is 5.02 Å². The lowest BCUT2D eigenvalue weighted by molar-refractivity contribution is -0.121. The Bertz CT molecular complexity index is 965. The number of imidazole rings is 1. The van der Waals surface area contributed by atoms with E-state index in [-0.39, 0.29) is 5.91 Å². The molecule has 0 unspecified atom stereocenters. The van der Waals surface area contributed by atoms with Crippen molar-refractivity contribution in [2.45, 2.75) is 12.8 Å². The van der Waals surface area contributed by atoms with Crippen molar-refractivity contribution in [2.24, 2.45) is 0 Å². The Labute approximate surface area is 175 Å². The topological polar surface area (TPSA) is 58.9 Å². The second-order valence-electron chi connectivity index (χ2n) is 7.15. The van der Waals surface area contributed by atoms with Crippen LogP contribution in [0.15, 0.2) is 48.7 Å². The van der Waals surface area contributed by atoms with E-state index in [1.807, 2.05) is 48.7 Å². The molecule has 2 aromatic heterocycles. The van der Waals surface area contributed by atoms with E-state index >= 15 is 0 Å². The quantitative estimate of drug-likeness (QED) is 0.648. The highest BCUT2D eigenvalue weighted by Gasteiger charge is 2.15. The highest BCUT2D eigenvalue weighted by atomic mass is 35.5. The van der Waals surface area contributed by atoms with Crippen LogP contribution in [0, 0.1) is 0 Å². The Kier molecular flexibility index (Phi) is 6.44. The van der Waals surface area contributed by atoms with Crippen molar-refractivity contribution in [3.8, 4) is 11.3 Å². The van der Waals surface area contributed by atoms with Crippen molar-refractivity contribution in [1.82, 2.24) is 19.6 Å². The van der Waals surface area contributed by atoms with Crippen molar-refractivity contribution >= 4 is 23.2 Å². The van der Waals surface area contributed by atoms with Crippen molar-refractivity contribution in [1.29, 1.82) is 0 Å². The van der Waals surface area contributed by atoms with Crippen molar-refractivity contribution in [3.63, 3.8) is 0 Å². The molecular formula is C22H25ClN4O2. The van der Waals surface area contributed by atoms with E-state index in [9.17, 15) is 4.79 Å². The van der Waals surface area contributed by atoms with Gasteiger partial charge in [0, 0.05) is 49.4 Å². The van der Waals surface area contributed by atoms with Gasteiger partial charge in [0.1, 0.15) is 5.65 Å². The number of morpholine rings is 1. The van der Waals surface area contributed by atoms with Crippen LogP contribution in [0.4, 0.5) is 0 Å². The van der Waals surface area contributed by atoms with Gasteiger partial charge in [0.25, 0.3) is 0 Å². The number of rotatable bonds is 7. The number of aromatic nitrogens is 2. The first kappa shape index (κ1) is 19.9. The average Bonchev–Trinajstić information content (AvgIpc) is 3.12. The first-order valence-corrected chi connectivity index (χ1v) is 10.4. The molecule has 3 heterocycles. The fourth-order valence-electron chi connectivity index (χ4n) is 3.62. The van der Waals surface area contributed by atoms with Gasteiger partial charge < -0.3 is 14.5 Å². The van der Waals surface area contributed by atoms with Crippen molar-refractivity contribution in [2.75, 3.05) is 39.4 Å². The van der Waals surface area contributed by atoms with Crippen LogP contribution >= 0.6 is 11.6 Å². The number of carbonyl (C=O) groups excluding carboxylic acids is 1. The van der Waals surface area contributed by atoms with Gasteiger partial charge in [0.15, 0.2) is 0 Å². The summed E-state index contributed by atoms with van der Waals surface area (Å²) in [7, 11) is 0. The molecule has 1 saturated heterocycles. The van der Waals surface area contributed by atoms with E-state index in [0.29, 0.717) is 24.4 Å². The summed E-state index contributed by atoms with van der Waals surface area (Å²) >= 11 is 6.04. The molecule has 1 aliphatic rings. The molecule has 4 rings (SSSR count). The predicted octanol–water partition coefficient (Wildman–Crippen LogP) is 3.04. The van der Waals surface area contributed by atoms with E-state index in [1.54, 1.807) is 0 Å². The lowest BCUT2D eigenvalue weighted by atomic mass is 10.1. The number of nitrogens with zero attached hydrogens (tertiary/aromatic N) is 3. The molecule has 0 bridgehead atoms. The minimum absolute atomic E-state index is 0.0613. The molecule has 29 heavy (non-hydrogen) atoms. The molecule has 0 spiro atoms. The minimum Gasteiger partial charge on any atom is -0.379 e. The van der Waals surface area contributed by atoms with Gasteiger partial charge in [-0.1, -0.05) is 29.8 Å². The number of nitrogens with one attached hydrogen (secondary N) is 1. The largest absolute Gasteiger partial charge is 0.379 e. The SMILES string of the molecule is O=C(CCc1c(-c2ccc(Cl)cc2)nc2ccccn12)NCCN1CCOCC1. The van der Waals surface area contributed by atoms with Gasteiger partial charge in [0.2, 0.25) is 5.91 Å². The van der Waals surface area contributed by atoms with Crippen LogP contribution in [0.1, 0.15) is 12.1 Å². The summed E-state index contributed by atoms with van der Waals surface area (Å²) in [5.41, 5.74) is 3.81. The highest BCUT2D eigenvalue weighted by Crippen LogP contribution is 2.26. The number of amides is 1. The second kappa shape index (κ2) is 9.39. The first-order valence-electron chi connectivity index (χ1n) is 9.99. The highest BCUT2D eigenvalue weighted by molar-refractivity contribution is 6.30. The predicted molar refractivity (Wildman–Crippen MR) is 114 cm³/mol. The Balaban J connectivity index is 1.42. The Morgan fingerprint density at radius 1 is 1.14 bits per heavy atom. The van der Waals surface area contributed by atoms with E-state index in [0.717, 1.165) is 55.4 Å². The summed E-state index contributed by atoms with van der Waals surface area (Å²) in [6, 6.07) is 13.6. The molecule has 3 aromatic rings. The minimum atomic E-state index is 0.0613. The molecule has 1 aromatic carbocycles. The Morgan fingerprint density at radius 2 is 1.93 bits per heavy atom. The number of pyridine rings is 1. The number of hydrogen-bond donors (Lipinski definition) is 1. The van der Waals surface area contributed by atoms with Gasteiger partial charge >= 0.3 is 0 Å². The number of carbonyl (C=O) groups is 1. The van der Waals surface area contributed by atoms with Crippen LogP contribution in [-0.4, -0.2) is 59.6 Å². The maximum Gasteiger partial charge on any atom is 0.220 e. The van der Waals surface area contributed by atoms with E-state index < -0.39 is 0 Å². The number of benzene rings is 1. The van der Waals surface area contributed by atoms with Crippen LogP contribution in [0.3, 0.4) is 0 Å². The number of aryl methyl sites for hydroxylation is 1. The van der Waals surface area contributed by atoms with Crippen LogP contribution in [0.25, 0.3) is 16.9 Å². The first-order chi connectivity index (χ1) is 14.2. The summed E-state index contributed by atoms with van der Waals surface area (Å²) in [5, 5.41) is 3.73. The van der Waals surface area contributed by atoms with Gasteiger partial charge in [-0.2, -0.15) is 0 Å². The monoisotopic (exact) mass is 412 g/mol. The van der Waals surface area contributed by atoms with Gasteiger partial charge in [-0.15, -0.1) is 0 Å². The van der Waals surface area contributed by atoms with Gasteiger partial charge in [-0.05, 0) is 30.7 Å². The number of hydrogen-bond acceptors (Lipinski definition) is 4. The molecule has 152 valence electrons. The molecule has 1 fully saturated rings. The fraction of sp³-hybridized carbons (Fsp3) is 0.364. The van der Waals surface area contributed by atoms with Gasteiger partial charge in [-0.3, -0.25) is 9.69 Å². The molecule has 0 atom stereocenters. The number of ether oxygens (including phenoxy) is 1. The summed E-state index contributed by atoms with van der Waals surface area (Å²) in [6.45, 7) is 4.94. The number of halogens is 1. The molecule has 0 saturated carbocycles. The summed E-state index contributed by atoms with van der Waals surface area (Å²) in [4.78, 5) is 19.5. The molecule has 0 radical (unpaired) electrons. The van der Waals surface area contributed by atoms with Crippen LogP contribution in [0.5, 0.6) is 0 Å². The van der Waals surface area contributed by atoms with E-state index in [1.165, 1.54) is 0 Å². The molecule has 7 heteroatoms. The zero-order valence-electron chi connectivity index (χ0n) is 16.3. The van der Waals surface area contributed by atoms with Crippen molar-refractivity contribution in [3.05, 3.63) is 59.4 Å². The van der Waals surface area contributed by atoms with E-state index in [2.05, 4.69) is 14.6 Å². The third kappa shape index (κ3) is 4.96. The zero-order chi connectivity index (χ0) is 20.1. The Hall–Kier alpha value is -2.41. The Morgan fingerprint density at radius 3 is 2.72 bits per heavy atom. The maximum absolute atomic E-state index is 12.4. The zero-order valence-corrected chi connectivity index (χ0v) is 17.1. The molecule has 1 aliphatic heterocycles. The third-order valence-electron chi connectivity index (χ3n) is 5.19. The molecule has 6 nitrogen and oxygen atoms in total. The number of fused-ring (bicyclic) bond motifs is 1. The summed E-state index contributed by atoms with van der Waals surface area (Å²) in [6.07, 6.45) is 3.03. The van der Waals surface area contributed by atoms with Crippen molar-refractivity contribution < 1.29 is 9.53 Å².